The molecule has 104 valence electrons. The number of amides is 1. The maximum Gasteiger partial charge on any atom is 0.253 e. The average molecular weight is 268 g/mol. The van der Waals surface area contributed by atoms with Crippen LogP contribution in [0.2, 0.25) is 0 Å². The van der Waals surface area contributed by atoms with Crippen LogP contribution in [0.1, 0.15) is 48.0 Å². The van der Waals surface area contributed by atoms with Crippen molar-refractivity contribution in [2.45, 2.75) is 32.1 Å². The number of nitrogens with zero attached hydrogens (tertiary/aromatic N) is 2. The summed E-state index contributed by atoms with van der Waals surface area (Å²) in [7, 11) is 0. The summed E-state index contributed by atoms with van der Waals surface area (Å²) < 4.78 is 0. The van der Waals surface area contributed by atoms with E-state index in [2.05, 4.69) is 6.07 Å². The molecule has 1 saturated carbocycles. The van der Waals surface area contributed by atoms with Crippen LogP contribution in [-0.4, -0.2) is 23.9 Å². The number of likely N-dealkylation sites (tertiary alicyclic amines) is 1. The number of rotatable bonds is 1. The number of piperidine rings is 1. The van der Waals surface area contributed by atoms with E-state index in [9.17, 15) is 4.79 Å². The quantitative estimate of drug-likeness (QED) is 0.785. The summed E-state index contributed by atoms with van der Waals surface area (Å²) in [5.41, 5.74) is 1.21. The van der Waals surface area contributed by atoms with Gasteiger partial charge in [-0.05, 0) is 42.9 Å². The van der Waals surface area contributed by atoms with Crippen LogP contribution in [0, 0.1) is 23.2 Å². The highest BCUT2D eigenvalue weighted by Crippen LogP contribution is 2.36. The Kier molecular flexibility index (Phi) is 3.73. The zero-order valence-corrected chi connectivity index (χ0v) is 11.7. The lowest BCUT2D eigenvalue weighted by atomic mass is 9.75. The summed E-state index contributed by atoms with van der Waals surface area (Å²) in [6, 6.07) is 9.15. The van der Waals surface area contributed by atoms with Crippen molar-refractivity contribution >= 4 is 5.91 Å². The van der Waals surface area contributed by atoms with E-state index in [-0.39, 0.29) is 5.91 Å². The second kappa shape index (κ2) is 5.66. The zero-order valence-electron chi connectivity index (χ0n) is 11.7. The van der Waals surface area contributed by atoms with Gasteiger partial charge in [0.25, 0.3) is 5.91 Å². The van der Waals surface area contributed by atoms with Crippen LogP contribution in [0.3, 0.4) is 0 Å². The first-order valence-electron chi connectivity index (χ1n) is 7.57. The smallest absolute Gasteiger partial charge is 0.253 e. The number of fused-ring (bicyclic) bond motifs is 1. The molecule has 0 spiro atoms. The summed E-state index contributed by atoms with van der Waals surface area (Å²) >= 11 is 0. The molecule has 20 heavy (non-hydrogen) atoms. The van der Waals surface area contributed by atoms with Crippen LogP contribution < -0.4 is 0 Å². The predicted octanol–water partition coefficient (Wildman–Crippen LogP) is 3.21. The highest BCUT2D eigenvalue weighted by molar-refractivity contribution is 5.94. The van der Waals surface area contributed by atoms with Crippen LogP contribution in [0.25, 0.3) is 0 Å². The van der Waals surface area contributed by atoms with Gasteiger partial charge in [-0.2, -0.15) is 5.26 Å². The van der Waals surface area contributed by atoms with Gasteiger partial charge in [-0.3, -0.25) is 4.79 Å². The van der Waals surface area contributed by atoms with E-state index in [4.69, 9.17) is 5.26 Å². The molecule has 1 aromatic rings. The molecule has 1 heterocycles. The van der Waals surface area contributed by atoms with E-state index in [0.29, 0.717) is 17.0 Å². The molecule has 2 fully saturated rings. The Labute approximate surface area is 120 Å². The first kappa shape index (κ1) is 13.2. The fourth-order valence-corrected chi connectivity index (χ4v) is 3.69. The molecule has 3 heteroatoms. The van der Waals surface area contributed by atoms with Crippen molar-refractivity contribution in [2.75, 3.05) is 13.1 Å². The van der Waals surface area contributed by atoms with E-state index in [1.807, 2.05) is 11.0 Å². The van der Waals surface area contributed by atoms with Crippen LogP contribution in [-0.2, 0) is 0 Å². The maximum atomic E-state index is 12.6. The Bertz CT molecular complexity index is 546. The molecule has 0 aromatic heterocycles. The predicted molar refractivity (Wildman–Crippen MR) is 77.1 cm³/mol. The molecular formula is C17H20N2O. The Balaban J connectivity index is 1.72. The lowest BCUT2D eigenvalue weighted by Gasteiger charge is -2.41. The van der Waals surface area contributed by atoms with E-state index in [1.165, 1.54) is 25.7 Å². The molecule has 0 bridgehead atoms. The van der Waals surface area contributed by atoms with Gasteiger partial charge in [-0.1, -0.05) is 25.3 Å². The Morgan fingerprint density at radius 3 is 2.80 bits per heavy atom. The third kappa shape index (κ3) is 2.56. The van der Waals surface area contributed by atoms with Crippen molar-refractivity contribution in [3.63, 3.8) is 0 Å². The molecular weight excluding hydrogens is 248 g/mol. The standard InChI is InChI=1S/C17H20N2O/c18-11-13-4-3-7-15(10-13)17(20)19-9-8-14-5-1-2-6-16(14)12-19/h3-4,7,10,14,16H,1-2,5-6,8-9,12H2/t14-,16-/m1/s1. The molecule has 2 aliphatic rings. The molecule has 3 rings (SSSR count). The van der Waals surface area contributed by atoms with E-state index >= 15 is 0 Å². The fourth-order valence-electron chi connectivity index (χ4n) is 3.69. The van der Waals surface area contributed by atoms with Gasteiger partial charge in [0, 0.05) is 18.7 Å². The Morgan fingerprint density at radius 2 is 2.00 bits per heavy atom. The monoisotopic (exact) mass is 268 g/mol. The van der Waals surface area contributed by atoms with Crippen molar-refractivity contribution in [1.29, 1.82) is 5.26 Å². The van der Waals surface area contributed by atoms with Gasteiger partial charge in [-0.25, -0.2) is 0 Å². The minimum absolute atomic E-state index is 0.0890. The lowest BCUT2D eigenvalue weighted by molar-refractivity contribution is 0.0521. The summed E-state index contributed by atoms with van der Waals surface area (Å²) in [6.45, 7) is 1.77. The highest BCUT2D eigenvalue weighted by atomic mass is 16.2. The molecule has 1 saturated heterocycles. The lowest BCUT2D eigenvalue weighted by Crippen LogP contribution is -2.44. The number of carbonyl (C=O) groups is 1. The van der Waals surface area contributed by atoms with Crippen molar-refractivity contribution in [3.8, 4) is 6.07 Å². The molecule has 1 aliphatic carbocycles. The molecule has 1 aliphatic heterocycles. The highest BCUT2D eigenvalue weighted by Gasteiger charge is 2.33. The molecule has 1 amide bonds. The van der Waals surface area contributed by atoms with Crippen molar-refractivity contribution in [3.05, 3.63) is 35.4 Å². The summed E-state index contributed by atoms with van der Waals surface area (Å²) in [6.07, 6.45) is 6.43. The third-order valence-corrected chi connectivity index (χ3v) is 4.82. The van der Waals surface area contributed by atoms with Crippen LogP contribution in [0.15, 0.2) is 24.3 Å². The number of benzene rings is 1. The van der Waals surface area contributed by atoms with Crippen LogP contribution in [0.5, 0.6) is 0 Å². The van der Waals surface area contributed by atoms with E-state index < -0.39 is 0 Å². The van der Waals surface area contributed by atoms with Gasteiger partial charge in [0.05, 0.1) is 11.6 Å². The van der Waals surface area contributed by atoms with Gasteiger partial charge in [0.15, 0.2) is 0 Å². The minimum atomic E-state index is 0.0890. The SMILES string of the molecule is N#Cc1cccc(C(=O)N2CC[C@H]3CCCC[C@@H]3C2)c1. The third-order valence-electron chi connectivity index (χ3n) is 4.82. The van der Waals surface area contributed by atoms with Crippen molar-refractivity contribution in [2.24, 2.45) is 11.8 Å². The molecule has 0 radical (unpaired) electrons. The Hall–Kier alpha value is -1.82. The zero-order chi connectivity index (χ0) is 13.9. The minimum Gasteiger partial charge on any atom is -0.338 e. The van der Waals surface area contributed by atoms with Crippen molar-refractivity contribution in [1.82, 2.24) is 4.90 Å². The molecule has 3 nitrogen and oxygen atoms in total. The van der Waals surface area contributed by atoms with E-state index in [0.717, 1.165) is 25.4 Å². The number of carbonyl (C=O) groups excluding carboxylic acids is 1. The van der Waals surface area contributed by atoms with Crippen LogP contribution >= 0.6 is 0 Å². The second-order valence-corrected chi connectivity index (χ2v) is 6.04. The molecule has 1 aromatic carbocycles. The number of nitriles is 1. The maximum absolute atomic E-state index is 12.6. The van der Waals surface area contributed by atoms with Gasteiger partial charge in [0.1, 0.15) is 0 Å². The fraction of sp³-hybridized carbons (Fsp3) is 0.529. The first-order chi connectivity index (χ1) is 9.78. The van der Waals surface area contributed by atoms with E-state index in [1.54, 1.807) is 18.2 Å². The van der Waals surface area contributed by atoms with Gasteiger partial charge < -0.3 is 4.90 Å². The normalized spacial score (nSPS) is 25.6. The van der Waals surface area contributed by atoms with Gasteiger partial charge in [0.2, 0.25) is 0 Å². The second-order valence-electron chi connectivity index (χ2n) is 6.04. The van der Waals surface area contributed by atoms with Crippen LogP contribution in [0.4, 0.5) is 0 Å². The topological polar surface area (TPSA) is 44.1 Å². The molecule has 2 atom stereocenters. The van der Waals surface area contributed by atoms with Gasteiger partial charge >= 0.3 is 0 Å². The summed E-state index contributed by atoms with van der Waals surface area (Å²) in [4.78, 5) is 14.5. The molecule has 0 N–H and O–H groups in total. The summed E-state index contributed by atoms with van der Waals surface area (Å²) in [5, 5.41) is 8.93. The Morgan fingerprint density at radius 1 is 1.20 bits per heavy atom. The largest absolute Gasteiger partial charge is 0.338 e. The average Bonchev–Trinajstić information content (AvgIpc) is 2.53. The van der Waals surface area contributed by atoms with Crippen molar-refractivity contribution < 1.29 is 4.79 Å². The first-order valence-corrected chi connectivity index (χ1v) is 7.57. The molecule has 0 unspecified atom stereocenters. The number of hydrogen-bond acceptors (Lipinski definition) is 2. The van der Waals surface area contributed by atoms with Gasteiger partial charge in [-0.15, -0.1) is 0 Å². The number of hydrogen-bond donors (Lipinski definition) is 0. The summed E-state index contributed by atoms with van der Waals surface area (Å²) in [5.74, 6) is 1.62.